The predicted molar refractivity (Wildman–Crippen MR) is 62.1 cm³/mol. The van der Waals surface area contributed by atoms with E-state index in [0.717, 1.165) is 13.1 Å². The number of carbonyl (C=O) groups is 1. The van der Waals surface area contributed by atoms with Crippen LogP contribution in [-0.4, -0.2) is 24.0 Å². The molecule has 2 fully saturated rings. The van der Waals surface area contributed by atoms with Gasteiger partial charge in [0.15, 0.2) is 0 Å². The molecular formula is C13H16N2O. The van der Waals surface area contributed by atoms with Gasteiger partial charge in [-0.3, -0.25) is 0 Å². The van der Waals surface area contributed by atoms with Crippen molar-refractivity contribution in [2.24, 2.45) is 11.7 Å². The number of hydrogen-bond acceptors (Lipinski definition) is 1. The zero-order valence-corrected chi connectivity index (χ0v) is 9.44. The molecule has 1 heterocycles. The number of fused-ring (bicyclic) bond motifs is 1. The number of nitrogens with zero attached hydrogens (tertiary/aromatic N) is 1. The van der Waals surface area contributed by atoms with E-state index in [1.165, 1.54) is 17.5 Å². The van der Waals surface area contributed by atoms with Crippen molar-refractivity contribution >= 4 is 6.03 Å². The fourth-order valence-electron chi connectivity index (χ4n) is 2.98. The maximum absolute atomic E-state index is 11.1. The minimum Gasteiger partial charge on any atom is -0.351 e. The van der Waals surface area contributed by atoms with E-state index in [1.54, 1.807) is 4.90 Å². The molecule has 0 aromatic heterocycles. The number of piperidine rings is 1. The zero-order valence-electron chi connectivity index (χ0n) is 9.44. The molecule has 3 rings (SSSR count). The van der Waals surface area contributed by atoms with Gasteiger partial charge in [-0.25, -0.2) is 4.79 Å². The lowest BCUT2D eigenvalue weighted by Crippen LogP contribution is -2.36. The van der Waals surface area contributed by atoms with Crippen molar-refractivity contribution in [2.75, 3.05) is 13.1 Å². The third kappa shape index (κ3) is 1.24. The number of amides is 2. The van der Waals surface area contributed by atoms with Crippen molar-refractivity contribution in [1.82, 2.24) is 4.90 Å². The van der Waals surface area contributed by atoms with Gasteiger partial charge in [-0.2, -0.15) is 0 Å². The average Bonchev–Trinajstić information content (AvgIpc) is 2.82. The lowest BCUT2D eigenvalue weighted by Gasteiger charge is -2.19. The minimum absolute atomic E-state index is 0.225. The maximum atomic E-state index is 11.1. The smallest absolute Gasteiger partial charge is 0.314 e. The molecule has 84 valence electrons. The van der Waals surface area contributed by atoms with Gasteiger partial charge < -0.3 is 10.6 Å². The summed E-state index contributed by atoms with van der Waals surface area (Å²) in [6, 6.07) is 8.40. The Bertz CT molecular complexity index is 440. The molecular weight excluding hydrogens is 200 g/mol. The second kappa shape index (κ2) is 3.00. The Balaban J connectivity index is 1.87. The molecule has 1 aliphatic carbocycles. The number of rotatable bonds is 1. The molecule has 1 aromatic rings. The zero-order chi connectivity index (χ0) is 11.3. The van der Waals surface area contributed by atoms with Crippen LogP contribution in [0.2, 0.25) is 0 Å². The highest BCUT2D eigenvalue weighted by Crippen LogP contribution is 2.58. The van der Waals surface area contributed by atoms with E-state index in [0.29, 0.717) is 5.92 Å². The number of carbonyl (C=O) groups excluding carboxylic acids is 1. The van der Waals surface area contributed by atoms with E-state index in [4.69, 9.17) is 5.73 Å². The largest absolute Gasteiger partial charge is 0.351 e. The first-order valence-electron chi connectivity index (χ1n) is 5.73. The molecule has 1 saturated heterocycles. The van der Waals surface area contributed by atoms with Crippen LogP contribution in [0.1, 0.15) is 17.5 Å². The highest BCUT2D eigenvalue weighted by Gasteiger charge is 2.61. The first-order chi connectivity index (χ1) is 7.62. The number of benzene rings is 1. The summed E-state index contributed by atoms with van der Waals surface area (Å²) >= 11 is 0. The van der Waals surface area contributed by atoms with Gasteiger partial charge in [0.25, 0.3) is 0 Å². The van der Waals surface area contributed by atoms with Crippen LogP contribution in [0, 0.1) is 12.8 Å². The Hall–Kier alpha value is -1.51. The normalized spacial score (nSPS) is 31.3. The number of primary amides is 1. The Kier molecular flexibility index (Phi) is 1.82. The molecule has 1 aliphatic heterocycles. The molecule has 1 saturated carbocycles. The molecule has 16 heavy (non-hydrogen) atoms. The first kappa shape index (κ1) is 9.70. The third-order valence-corrected chi connectivity index (χ3v) is 4.08. The van der Waals surface area contributed by atoms with Crippen LogP contribution in [0.4, 0.5) is 4.79 Å². The van der Waals surface area contributed by atoms with E-state index in [1.807, 2.05) is 0 Å². The third-order valence-electron chi connectivity index (χ3n) is 4.08. The molecule has 0 unspecified atom stereocenters. The molecule has 1 aromatic carbocycles. The molecule has 2 aliphatic rings. The van der Waals surface area contributed by atoms with Crippen LogP contribution in [-0.2, 0) is 5.41 Å². The van der Waals surface area contributed by atoms with Crippen LogP contribution >= 0.6 is 0 Å². The highest BCUT2D eigenvalue weighted by atomic mass is 16.2. The van der Waals surface area contributed by atoms with Gasteiger partial charge in [-0.1, -0.05) is 29.8 Å². The summed E-state index contributed by atoms with van der Waals surface area (Å²) in [5.74, 6) is 0.628. The van der Waals surface area contributed by atoms with Crippen molar-refractivity contribution in [3.05, 3.63) is 35.4 Å². The van der Waals surface area contributed by atoms with E-state index >= 15 is 0 Å². The van der Waals surface area contributed by atoms with Crippen molar-refractivity contribution in [1.29, 1.82) is 0 Å². The number of likely N-dealkylation sites (tertiary alicyclic amines) is 1. The van der Waals surface area contributed by atoms with Crippen LogP contribution < -0.4 is 5.73 Å². The van der Waals surface area contributed by atoms with E-state index in [2.05, 4.69) is 31.2 Å². The quantitative estimate of drug-likeness (QED) is 0.762. The number of hydrogen-bond donors (Lipinski definition) is 1. The summed E-state index contributed by atoms with van der Waals surface area (Å²) in [7, 11) is 0. The van der Waals surface area contributed by atoms with Gasteiger partial charge in [0.1, 0.15) is 0 Å². The highest BCUT2D eigenvalue weighted by molar-refractivity contribution is 5.73. The predicted octanol–water partition coefficient (Wildman–Crippen LogP) is 1.65. The summed E-state index contributed by atoms with van der Waals surface area (Å²) < 4.78 is 0. The molecule has 3 heteroatoms. The molecule has 2 amide bonds. The second-order valence-electron chi connectivity index (χ2n) is 5.14. The topological polar surface area (TPSA) is 46.3 Å². The van der Waals surface area contributed by atoms with Crippen molar-refractivity contribution in [2.45, 2.75) is 18.8 Å². The van der Waals surface area contributed by atoms with Crippen LogP contribution in [0.15, 0.2) is 24.3 Å². The SMILES string of the molecule is Cc1ccc([C@]23C[C@@H]2CN(C(N)=O)C3)cc1. The standard InChI is InChI=1S/C13H16N2O/c1-9-2-4-10(5-3-9)13-6-11(13)7-15(8-13)12(14)16/h2-5,11H,6-8H2,1H3,(H2,14,16)/t11-,13-/m1/s1. The van der Waals surface area contributed by atoms with Crippen LogP contribution in [0.25, 0.3) is 0 Å². The lowest BCUT2D eigenvalue weighted by atomic mass is 9.94. The van der Waals surface area contributed by atoms with E-state index in [9.17, 15) is 4.79 Å². The second-order valence-corrected chi connectivity index (χ2v) is 5.14. The summed E-state index contributed by atoms with van der Waals surface area (Å²) in [6.45, 7) is 3.73. The molecule has 2 N–H and O–H groups in total. The first-order valence-corrected chi connectivity index (χ1v) is 5.73. The molecule has 3 nitrogen and oxygen atoms in total. The fourth-order valence-corrected chi connectivity index (χ4v) is 2.98. The Morgan fingerprint density at radius 2 is 2.12 bits per heavy atom. The van der Waals surface area contributed by atoms with Crippen molar-refractivity contribution in [3.63, 3.8) is 0 Å². The van der Waals surface area contributed by atoms with Crippen LogP contribution in [0.3, 0.4) is 0 Å². The van der Waals surface area contributed by atoms with E-state index in [-0.39, 0.29) is 11.4 Å². The molecule has 0 spiro atoms. The summed E-state index contributed by atoms with van der Waals surface area (Å²) in [5, 5.41) is 0. The molecule has 2 atom stereocenters. The van der Waals surface area contributed by atoms with Gasteiger partial charge in [-0.05, 0) is 24.8 Å². The lowest BCUT2D eigenvalue weighted by molar-refractivity contribution is 0.212. The van der Waals surface area contributed by atoms with Crippen LogP contribution in [0.5, 0.6) is 0 Å². The monoisotopic (exact) mass is 216 g/mol. The molecule has 0 radical (unpaired) electrons. The van der Waals surface area contributed by atoms with Crippen molar-refractivity contribution < 1.29 is 4.79 Å². The average molecular weight is 216 g/mol. The van der Waals surface area contributed by atoms with Gasteiger partial charge in [0.05, 0.1) is 0 Å². The maximum Gasteiger partial charge on any atom is 0.314 e. The molecule has 0 bridgehead atoms. The number of urea groups is 1. The minimum atomic E-state index is -0.279. The number of aryl methyl sites for hydroxylation is 1. The summed E-state index contributed by atoms with van der Waals surface area (Å²) in [5.41, 5.74) is 8.20. The fraction of sp³-hybridized carbons (Fsp3) is 0.462. The summed E-state index contributed by atoms with van der Waals surface area (Å²) in [6.07, 6.45) is 1.21. The Labute approximate surface area is 95.2 Å². The Morgan fingerprint density at radius 3 is 2.69 bits per heavy atom. The number of nitrogens with two attached hydrogens (primary N) is 1. The van der Waals surface area contributed by atoms with Gasteiger partial charge >= 0.3 is 6.03 Å². The summed E-state index contributed by atoms with van der Waals surface area (Å²) in [4.78, 5) is 12.9. The van der Waals surface area contributed by atoms with Crippen molar-refractivity contribution in [3.8, 4) is 0 Å². The van der Waals surface area contributed by atoms with Gasteiger partial charge in [-0.15, -0.1) is 0 Å². The Morgan fingerprint density at radius 1 is 1.44 bits per heavy atom. The van der Waals surface area contributed by atoms with Gasteiger partial charge in [0, 0.05) is 18.5 Å². The van der Waals surface area contributed by atoms with Gasteiger partial charge in [0.2, 0.25) is 0 Å². The van der Waals surface area contributed by atoms with E-state index < -0.39 is 0 Å².